The van der Waals surface area contributed by atoms with Gasteiger partial charge in [0.1, 0.15) is 5.75 Å². The molecule has 0 aliphatic rings. The van der Waals surface area contributed by atoms with Crippen LogP contribution in [0.25, 0.3) is 0 Å². The highest BCUT2D eigenvalue weighted by Crippen LogP contribution is 2.11. The molecule has 0 bridgehead atoms. The Bertz CT molecular complexity index is 517. The second kappa shape index (κ2) is 4.61. The van der Waals surface area contributed by atoms with Crippen molar-refractivity contribution in [2.24, 2.45) is 0 Å². The maximum absolute atomic E-state index is 11.4. The van der Waals surface area contributed by atoms with Gasteiger partial charge in [-0.2, -0.15) is 5.10 Å². The van der Waals surface area contributed by atoms with E-state index in [9.17, 15) is 4.79 Å². The summed E-state index contributed by atoms with van der Waals surface area (Å²) < 4.78 is 6.48. The molecule has 0 spiro atoms. The SMILES string of the molecule is COc1ccc(Cn2ncccc2=O)cc1. The largest absolute Gasteiger partial charge is 0.497 e. The van der Waals surface area contributed by atoms with E-state index in [4.69, 9.17) is 4.74 Å². The van der Waals surface area contributed by atoms with Gasteiger partial charge < -0.3 is 4.74 Å². The third-order valence-electron chi connectivity index (χ3n) is 2.28. The fourth-order valence-corrected chi connectivity index (χ4v) is 1.41. The van der Waals surface area contributed by atoms with Gasteiger partial charge in [0.15, 0.2) is 0 Å². The number of methoxy groups -OCH3 is 1. The number of hydrogen-bond donors (Lipinski definition) is 0. The molecule has 82 valence electrons. The lowest BCUT2D eigenvalue weighted by Crippen LogP contribution is -2.21. The average Bonchev–Trinajstić information content (AvgIpc) is 2.33. The van der Waals surface area contributed by atoms with Crippen LogP contribution in [0.5, 0.6) is 5.75 Å². The van der Waals surface area contributed by atoms with Crippen molar-refractivity contribution in [3.8, 4) is 5.75 Å². The number of rotatable bonds is 3. The van der Waals surface area contributed by atoms with Gasteiger partial charge in [0, 0.05) is 12.3 Å². The molecule has 1 aromatic carbocycles. The molecule has 4 heteroatoms. The molecule has 0 saturated carbocycles. The Balaban J connectivity index is 2.21. The average molecular weight is 216 g/mol. The van der Waals surface area contributed by atoms with Crippen LogP contribution in [0, 0.1) is 0 Å². The zero-order valence-corrected chi connectivity index (χ0v) is 8.96. The molecule has 0 saturated heterocycles. The van der Waals surface area contributed by atoms with Gasteiger partial charge >= 0.3 is 0 Å². The monoisotopic (exact) mass is 216 g/mol. The van der Waals surface area contributed by atoms with Crippen LogP contribution in [-0.2, 0) is 6.54 Å². The predicted octanol–water partition coefficient (Wildman–Crippen LogP) is 1.30. The van der Waals surface area contributed by atoms with Gasteiger partial charge in [-0.25, -0.2) is 4.68 Å². The Morgan fingerprint density at radius 1 is 1.25 bits per heavy atom. The van der Waals surface area contributed by atoms with Crippen LogP contribution >= 0.6 is 0 Å². The van der Waals surface area contributed by atoms with Gasteiger partial charge in [-0.1, -0.05) is 12.1 Å². The highest BCUT2D eigenvalue weighted by atomic mass is 16.5. The van der Waals surface area contributed by atoms with Crippen molar-refractivity contribution in [1.29, 1.82) is 0 Å². The lowest BCUT2D eigenvalue weighted by molar-refractivity contribution is 0.414. The summed E-state index contributed by atoms with van der Waals surface area (Å²) in [6.45, 7) is 0.476. The summed E-state index contributed by atoms with van der Waals surface area (Å²) in [5, 5.41) is 3.99. The van der Waals surface area contributed by atoms with Crippen molar-refractivity contribution < 1.29 is 4.74 Å². The van der Waals surface area contributed by atoms with E-state index < -0.39 is 0 Å². The Morgan fingerprint density at radius 3 is 2.62 bits per heavy atom. The van der Waals surface area contributed by atoms with Crippen LogP contribution in [0.15, 0.2) is 47.4 Å². The summed E-state index contributed by atoms with van der Waals surface area (Å²) in [4.78, 5) is 11.4. The van der Waals surface area contributed by atoms with E-state index in [1.54, 1.807) is 19.4 Å². The molecule has 0 aliphatic heterocycles. The van der Waals surface area contributed by atoms with Gasteiger partial charge in [-0.15, -0.1) is 0 Å². The summed E-state index contributed by atoms with van der Waals surface area (Å²) in [5.41, 5.74) is 0.917. The van der Waals surface area contributed by atoms with Crippen LogP contribution < -0.4 is 10.3 Å². The quantitative estimate of drug-likeness (QED) is 0.776. The van der Waals surface area contributed by atoms with Gasteiger partial charge in [0.25, 0.3) is 5.56 Å². The highest BCUT2D eigenvalue weighted by molar-refractivity contribution is 5.27. The molecule has 0 fully saturated rings. The van der Waals surface area contributed by atoms with E-state index in [-0.39, 0.29) is 5.56 Å². The number of benzene rings is 1. The first-order chi connectivity index (χ1) is 7.79. The molecule has 0 N–H and O–H groups in total. The Hall–Kier alpha value is -2.10. The van der Waals surface area contributed by atoms with Crippen LogP contribution in [0.3, 0.4) is 0 Å². The number of nitrogens with zero attached hydrogens (tertiary/aromatic N) is 2. The molecule has 2 aromatic rings. The third kappa shape index (κ3) is 2.28. The van der Waals surface area contributed by atoms with E-state index in [1.165, 1.54) is 10.7 Å². The summed E-state index contributed by atoms with van der Waals surface area (Å²) >= 11 is 0. The van der Waals surface area contributed by atoms with E-state index in [0.717, 1.165) is 11.3 Å². The van der Waals surface area contributed by atoms with Crippen LogP contribution in [0.2, 0.25) is 0 Å². The maximum Gasteiger partial charge on any atom is 0.267 e. The Kier molecular flexibility index (Phi) is 3.00. The van der Waals surface area contributed by atoms with E-state index >= 15 is 0 Å². The third-order valence-corrected chi connectivity index (χ3v) is 2.28. The molecule has 4 nitrogen and oxygen atoms in total. The first-order valence-electron chi connectivity index (χ1n) is 4.94. The van der Waals surface area contributed by atoms with Crippen molar-refractivity contribution in [3.05, 3.63) is 58.5 Å². The number of aromatic nitrogens is 2. The van der Waals surface area contributed by atoms with Crippen molar-refractivity contribution >= 4 is 0 Å². The van der Waals surface area contributed by atoms with Crippen molar-refractivity contribution in [2.75, 3.05) is 7.11 Å². The molecule has 0 atom stereocenters. The Morgan fingerprint density at radius 2 is 2.00 bits per heavy atom. The molecule has 0 amide bonds. The minimum Gasteiger partial charge on any atom is -0.497 e. The lowest BCUT2D eigenvalue weighted by atomic mass is 10.2. The standard InChI is InChI=1S/C12H12N2O2/c1-16-11-6-4-10(5-7-11)9-14-12(15)3-2-8-13-14/h2-8H,9H2,1H3. The maximum atomic E-state index is 11.4. The minimum absolute atomic E-state index is 0.0988. The van der Waals surface area contributed by atoms with Gasteiger partial charge in [-0.05, 0) is 23.8 Å². The normalized spacial score (nSPS) is 10.1. The molecule has 0 unspecified atom stereocenters. The molecule has 16 heavy (non-hydrogen) atoms. The highest BCUT2D eigenvalue weighted by Gasteiger charge is 1.98. The first-order valence-corrected chi connectivity index (χ1v) is 4.94. The number of hydrogen-bond acceptors (Lipinski definition) is 3. The van der Waals surface area contributed by atoms with Crippen LogP contribution in [0.4, 0.5) is 0 Å². The second-order valence-corrected chi connectivity index (χ2v) is 3.37. The lowest BCUT2D eigenvalue weighted by Gasteiger charge is -2.04. The smallest absolute Gasteiger partial charge is 0.267 e. The number of ether oxygens (including phenoxy) is 1. The first kappa shape index (κ1) is 10.4. The second-order valence-electron chi connectivity index (χ2n) is 3.37. The minimum atomic E-state index is -0.0988. The Labute approximate surface area is 93.1 Å². The molecule has 1 heterocycles. The molecule has 0 aliphatic carbocycles. The van der Waals surface area contributed by atoms with Crippen molar-refractivity contribution in [3.63, 3.8) is 0 Å². The zero-order valence-electron chi connectivity index (χ0n) is 8.96. The van der Waals surface area contributed by atoms with Crippen molar-refractivity contribution in [1.82, 2.24) is 9.78 Å². The summed E-state index contributed by atoms with van der Waals surface area (Å²) in [5.74, 6) is 0.803. The van der Waals surface area contributed by atoms with E-state index in [1.807, 2.05) is 24.3 Å². The molecule has 1 aromatic heterocycles. The summed E-state index contributed by atoms with van der Waals surface area (Å²) in [6, 6.07) is 10.7. The van der Waals surface area contributed by atoms with Gasteiger partial charge in [0.05, 0.1) is 13.7 Å². The topological polar surface area (TPSA) is 44.1 Å². The molecule has 2 rings (SSSR count). The van der Waals surface area contributed by atoms with Crippen LogP contribution in [-0.4, -0.2) is 16.9 Å². The molecular formula is C12H12N2O2. The predicted molar refractivity (Wildman–Crippen MR) is 60.6 cm³/mol. The van der Waals surface area contributed by atoms with Crippen molar-refractivity contribution in [2.45, 2.75) is 6.54 Å². The fraction of sp³-hybridized carbons (Fsp3) is 0.167. The molecule has 0 radical (unpaired) electrons. The summed E-state index contributed by atoms with van der Waals surface area (Å²) in [7, 11) is 1.62. The van der Waals surface area contributed by atoms with E-state index in [0.29, 0.717) is 6.54 Å². The van der Waals surface area contributed by atoms with Gasteiger partial charge in [-0.3, -0.25) is 4.79 Å². The van der Waals surface area contributed by atoms with Crippen LogP contribution in [0.1, 0.15) is 5.56 Å². The van der Waals surface area contributed by atoms with E-state index in [2.05, 4.69) is 5.10 Å². The zero-order chi connectivity index (χ0) is 11.4. The summed E-state index contributed by atoms with van der Waals surface area (Å²) in [6.07, 6.45) is 1.60. The van der Waals surface area contributed by atoms with Gasteiger partial charge in [0.2, 0.25) is 0 Å². The fourth-order valence-electron chi connectivity index (χ4n) is 1.41. The molecular weight excluding hydrogens is 204 g/mol.